The number of carboxylic acids is 1. The molecular formula is C10H12BrNO6S2. The fourth-order valence-electron chi connectivity index (χ4n) is 1.28. The zero-order valence-corrected chi connectivity index (χ0v) is 13.7. The van der Waals surface area contributed by atoms with Crippen molar-refractivity contribution in [3.8, 4) is 0 Å². The second-order valence-electron chi connectivity index (χ2n) is 4.05. The first kappa shape index (κ1) is 17.1. The van der Waals surface area contributed by atoms with Crippen molar-refractivity contribution in [3.63, 3.8) is 0 Å². The minimum Gasteiger partial charge on any atom is -0.480 e. The Labute approximate surface area is 125 Å². The summed E-state index contributed by atoms with van der Waals surface area (Å²) < 4.78 is 48.6. The maximum absolute atomic E-state index is 12.0. The summed E-state index contributed by atoms with van der Waals surface area (Å²) in [6, 6.07) is 2.08. The van der Waals surface area contributed by atoms with Crippen LogP contribution in [-0.4, -0.2) is 40.2 Å². The SMILES string of the molecule is C[C@H](NS(=O)(=O)c1ccc(S(C)(=O)=O)cc1Br)C(=O)O. The van der Waals surface area contributed by atoms with Crippen LogP contribution < -0.4 is 4.72 Å². The Morgan fingerprint density at radius 3 is 2.25 bits per heavy atom. The van der Waals surface area contributed by atoms with Crippen molar-refractivity contribution in [2.45, 2.75) is 22.8 Å². The first-order valence-corrected chi connectivity index (χ1v) is 9.36. The van der Waals surface area contributed by atoms with Crippen LogP contribution in [0.15, 0.2) is 32.5 Å². The molecule has 7 nitrogen and oxygen atoms in total. The number of hydrogen-bond donors (Lipinski definition) is 2. The van der Waals surface area contributed by atoms with Gasteiger partial charge < -0.3 is 5.11 Å². The van der Waals surface area contributed by atoms with Crippen LogP contribution in [0.3, 0.4) is 0 Å². The first-order valence-electron chi connectivity index (χ1n) is 5.20. The Kier molecular flexibility index (Phi) is 4.95. The highest BCUT2D eigenvalue weighted by Crippen LogP contribution is 2.25. The fraction of sp³-hybridized carbons (Fsp3) is 0.300. The van der Waals surface area contributed by atoms with Crippen LogP contribution in [0, 0.1) is 0 Å². The van der Waals surface area contributed by atoms with Crippen LogP contribution in [0.5, 0.6) is 0 Å². The van der Waals surface area contributed by atoms with Crippen molar-refractivity contribution >= 4 is 41.8 Å². The summed E-state index contributed by atoms with van der Waals surface area (Å²) in [4.78, 5) is 10.4. The normalized spacial score (nSPS) is 13.9. The van der Waals surface area contributed by atoms with Gasteiger partial charge in [0.05, 0.1) is 9.79 Å². The number of aliphatic carboxylic acids is 1. The average Bonchev–Trinajstić information content (AvgIpc) is 2.26. The maximum Gasteiger partial charge on any atom is 0.321 e. The lowest BCUT2D eigenvalue weighted by atomic mass is 10.4. The van der Waals surface area contributed by atoms with E-state index in [1.807, 2.05) is 4.72 Å². The first-order chi connectivity index (χ1) is 8.95. The molecule has 0 heterocycles. The van der Waals surface area contributed by atoms with E-state index in [1.165, 1.54) is 6.92 Å². The van der Waals surface area contributed by atoms with Crippen molar-refractivity contribution < 1.29 is 26.7 Å². The predicted octanol–water partition coefficient (Wildman–Crippen LogP) is 0.604. The lowest BCUT2D eigenvalue weighted by Crippen LogP contribution is -2.38. The lowest BCUT2D eigenvalue weighted by Gasteiger charge is -2.12. The van der Waals surface area contributed by atoms with E-state index < -0.39 is 31.9 Å². The van der Waals surface area contributed by atoms with E-state index in [9.17, 15) is 21.6 Å². The molecule has 1 aromatic rings. The van der Waals surface area contributed by atoms with Gasteiger partial charge in [0.25, 0.3) is 0 Å². The van der Waals surface area contributed by atoms with Gasteiger partial charge in [-0.25, -0.2) is 16.8 Å². The van der Waals surface area contributed by atoms with E-state index in [2.05, 4.69) is 15.9 Å². The van der Waals surface area contributed by atoms with Crippen molar-refractivity contribution in [2.24, 2.45) is 0 Å². The van der Waals surface area contributed by atoms with Crippen molar-refractivity contribution in [2.75, 3.05) is 6.26 Å². The summed E-state index contributed by atoms with van der Waals surface area (Å²) in [6.45, 7) is 1.18. The van der Waals surface area contributed by atoms with E-state index in [-0.39, 0.29) is 14.3 Å². The van der Waals surface area contributed by atoms with Gasteiger partial charge in [-0.15, -0.1) is 0 Å². The molecule has 0 saturated carbocycles. The van der Waals surface area contributed by atoms with Crippen LogP contribution >= 0.6 is 15.9 Å². The van der Waals surface area contributed by atoms with Crippen LogP contribution in [0.2, 0.25) is 0 Å². The van der Waals surface area contributed by atoms with Gasteiger partial charge in [-0.1, -0.05) is 0 Å². The summed E-state index contributed by atoms with van der Waals surface area (Å²) in [5.74, 6) is -1.32. The molecule has 20 heavy (non-hydrogen) atoms. The van der Waals surface area contributed by atoms with Gasteiger partial charge in [-0.2, -0.15) is 4.72 Å². The number of sulfonamides is 1. The molecule has 0 fully saturated rings. The Morgan fingerprint density at radius 2 is 1.85 bits per heavy atom. The van der Waals surface area contributed by atoms with Gasteiger partial charge in [0.1, 0.15) is 6.04 Å². The molecule has 1 atom stereocenters. The third kappa shape index (κ3) is 4.01. The molecule has 0 bridgehead atoms. The van der Waals surface area contributed by atoms with E-state index >= 15 is 0 Å². The minimum absolute atomic E-state index is 0.0329. The summed E-state index contributed by atoms with van der Waals surface area (Å²) in [6.07, 6.45) is 0.994. The highest BCUT2D eigenvalue weighted by molar-refractivity contribution is 9.10. The van der Waals surface area contributed by atoms with Crippen molar-refractivity contribution in [1.29, 1.82) is 0 Å². The highest BCUT2D eigenvalue weighted by Gasteiger charge is 2.24. The Morgan fingerprint density at radius 1 is 1.30 bits per heavy atom. The smallest absolute Gasteiger partial charge is 0.321 e. The molecular weight excluding hydrogens is 374 g/mol. The number of carboxylic acid groups (broad SMARTS) is 1. The van der Waals surface area contributed by atoms with Crippen molar-refractivity contribution in [3.05, 3.63) is 22.7 Å². The number of rotatable bonds is 5. The highest BCUT2D eigenvalue weighted by atomic mass is 79.9. The summed E-state index contributed by atoms with van der Waals surface area (Å²) in [5, 5.41) is 8.69. The minimum atomic E-state index is -4.07. The van der Waals surface area contributed by atoms with E-state index in [1.54, 1.807) is 0 Å². The molecule has 1 rings (SSSR count). The molecule has 0 saturated heterocycles. The molecule has 1 aromatic carbocycles. The Balaban J connectivity index is 3.25. The van der Waals surface area contributed by atoms with E-state index in [0.29, 0.717) is 0 Å². The molecule has 0 spiro atoms. The number of nitrogens with one attached hydrogen (secondary N) is 1. The Hall–Kier alpha value is -0.970. The van der Waals surface area contributed by atoms with Gasteiger partial charge >= 0.3 is 5.97 Å². The molecule has 0 unspecified atom stereocenters. The monoisotopic (exact) mass is 385 g/mol. The summed E-state index contributed by atoms with van der Waals surface area (Å²) in [5.41, 5.74) is 0. The number of halogens is 1. The Bertz CT molecular complexity index is 741. The zero-order chi connectivity index (χ0) is 15.7. The third-order valence-electron chi connectivity index (χ3n) is 2.32. The molecule has 10 heteroatoms. The number of sulfone groups is 1. The van der Waals surface area contributed by atoms with Gasteiger partial charge in [-0.3, -0.25) is 4.79 Å². The lowest BCUT2D eigenvalue weighted by molar-refractivity contribution is -0.138. The number of carbonyl (C=O) groups is 1. The van der Waals surface area contributed by atoms with Crippen molar-refractivity contribution in [1.82, 2.24) is 4.72 Å². The number of benzene rings is 1. The van der Waals surface area contributed by atoms with E-state index in [4.69, 9.17) is 5.11 Å². The standard InChI is InChI=1S/C10H12BrNO6S2/c1-6(10(13)14)12-20(17,18)9-4-3-7(5-8(9)11)19(2,15)16/h3-6,12H,1-2H3,(H,13,14)/t6-/m0/s1. The van der Waals surface area contributed by atoms with Crippen LogP contribution in [0.1, 0.15) is 6.92 Å². The topological polar surface area (TPSA) is 118 Å². The molecule has 2 N–H and O–H groups in total. The zero-order valence-electron chi connectivity index (χ0n) is 10.5. The second-order valence-corrected chi connectivity index (χ2v) is 8.60. The molecule has 112 valence electrons. The van der Waals surface area contributed by atoms with E-state index in [0.717, 1.165) is 24.5 Å². The average molecular weight is 386 g/mol. The molecule has 0 aromatic heterocycles. The molecule has 0 radical (unpaired) electrons. The van der Waals surface area contributed by atoms with Crippen LogP contribution in [0.25, 0.3) is 0 Å². The molecule has 0 aliphatic carbocycles. The fourth-order valence-corrected chi connectivity index (χ4v) is 4.35. The second kappa shape index (κ2) is 5.80. The predicted molar refractivity (Wildman–Crippen MR) is 74.7 cm³/mol. The summed E-state index contributed by atoms with van der Waals surface area (Å²) >= 11 is 2.97. The largest absolute Gasteiger partial charge is 0.480 e. The van der Waals surface area contributed by atoms with Gasteiger partial charge in [0.2, 0.25) is 10.0 Å². The van der Waals surface area contributed by atoms with Crippen LogP contribution in [0.4, 0.5) is 0 Å². The molecule has 0 aliphatic heterocycles. The van der Waals surface area contributed by atoms with Crippen LogP contribution in [-0.2, 0) is 24.7 Å². The quantitative estimate of drug-likeness (QED) is 0.766. The maximum atomic E-state index is 12.0. The molecule has 0 aliphatic rings. The summed E-state index contributed by atoms with van der Waals surface area (Å²) in [7, 11) is -7.53. The molecule has 0 amide bonds. The van der Waals surface area contributed by atoms with Gasteiger partial charge in [0, 0.05) is 10.7 Å². The van der Waals surface area contributed by atoms with Gasteiger partial charge in [0.15, 0.2) is 9.84 Å². The van der Waals surface area contributed by atoms with Gasteiger partial charge in [-0.05, 0) is 41.1 Å². The third-order valence-corrected chi connectivity index (χ3v) is 5.95. The number of hydrogen-bond acceptors (Lipinski definition) is 5.